The number of hydrogen-bond donors (Lipinski definition) is 3. The quantitative estimate of drug-likeness (QED) is 0.736. The molecule has 1 heterocycles. The van der Waals surface area contributed by atoms with Crippen LogP contribution in [0.25, 0.3) is 0 Å². The Labute approximate surface area is 106 Å². The fourth-order valence-corrected chi connectivity index (χ4v) is 2.19. The Morgan fingerprint density at radius 2 is 2.22 bits per heavy atom. The number of urea groups is 1. The van der Waals surface area contributed by atoms with Crippen LogP contribution >= 0.6 is 0 Å². The van der Waals surface area contributed by atoms with Crippen molar-refractivity contribution in [3.05, 3.63) is 6.33 Å². The van der Waals surface area contributed by atoms with Crippen molar-refractivity contribution in [3.8, 4) is 0 Å². The van der Waals surface area contributed by atoms with Crippen molar-refractivity contribution >= 4 is 12.0 Å². The molecule has 1 aliphatic rings. The molecule has 3 N–H and O–H groups in total. The van der Waals surface area contributed by atoms with E-state index in [2.05, 4.69) is 20.7 Å². The molecule has 1 aromatic rings. The number of amides is 2. The predicted octanol–water partition coefficient (Wildman–Crippen LogP) is 0.632. The fraction of sp³-hybridized carbons (Fsp3) is 0.727. The molecule has 0 bridgehead atoms. The Bertz CT molecular complexity index is 411. The van der Waals surface area contributed by atoms with E-state index in [1.54, 1.807) is 7.05 Å². The average molecular weight is 253 g/mol. The van der Waals surface area contributed by atoms with Gasteiger partial charge in [0.1, 0.15) is 6.33 Å². The SMILES string of the molecule is Cn1ncnc1NC(=O)NCC1(O)CCCCC1. The highest BCUT2D eigenvalue weighted by Crippen LogP contribution is 2.27. The Kier molecular flexibility index (Phi) is 3.81. The average Bonchev–Trinajstić information content (AvgIpc) is 2.74. The number of aliphatic hydroxyl groups is 1. The number of carbonyl (C=O) groups excluding carboxylic acids is 1. The van der Waals surface area contributed by atoms with Gasteiger partial charge in [-0.25, -0.2) is 9.48 Å². The first kappa shape index (κ1) is 12.8. The van der Waals surface area contributed by atoms with E-state index in [1.165, 1.54) is 11.0 Å². The van der Waals surface area contributed by atoms with Gasteiger partial charge in [0, 0.05) is 13.6 Å². The van der Waals surface area contributed by atoms with Gasteiger partial charge in [-0.2, -0.15) is 10.1 Å². The van der Waals surface area contributed by atoms with Gasteiger partial charge in [-0.3, -0.25) is 5.32 Å². The minimum absolute atomic E-state index is 0.274. The maximum Gasteiger partial charge on any atom is 0.321 e. The monoisotopic (exact) mass is 253 g/mol. The molecule has 7 nitrogen and oxygen atoms in total. The fourth-order valence-electron chi connectivity index (χ4n) is 2.19. The van der Waals surface area contributed by atoms with E-state index in [0.29, 0.717) is 5.95 Å². The van der Waals surface area contributed by atoms with Gasteiger partial charge in [0.15, 0.2) is 0 Å². The third-order valence-electron chi connectivity index (χ3n) is 3.30. The zero-order valence-electron chi connectivity index (χ0n) is 10.5. The molecular weight excluding hydrogens is 234 g/mol. The van der Waals surface area contributed by atoms with Crippen LogP contribution in [0, 0.1) is 0 Å². The Morgan fingerprint density at radius 1 is 1.50 bits per heavy atom. The molecule has 2 amide bonds. The van der Waals surface area contributed by atoms with Gasteiger partial charge in [0.2, 0.25) is 5.95 Å². The number of anilines is 1. The van der Waals surface area contributed by atoms with Crippen LogP contribution in [-0.2, 0) is 7.05 Å². The molecule has 1 saturated carbocycles. The summed E-state index contributed by atoms with van der Waals surface area (Å²) in [6.07, 6.45) is 6.05. The molecule has 0 spiro atoms. The zero-order chi connectivity index (χ0) is 13.0. The van der Waals surface area contributed by atoms with Gasteiger partial charge in [-0.05, 0) is 12.8 Å². The van der Waals surface area contributed by atoms with E-state index in [0.717, 1.165) is 32.1 Å². The van der Waals surface area contributed by atoms with Crippen LogP contribution in [0.5, 0.6) is 0 Å². The Balaban J connectivity index is 1.79. The number of hydrogen-bond acceptors (Lipinski definition) is 4. The van der Waals surface area contributed by atoms with Crippen molar-refractivity contribution < 1.29 is 9.90 Å². The Hall–Kier alpha value is -1.63. The number of aromatic nitrogens is 3. The predicted molar refractivity (Wildman–Crippen MR) is 66.1 cm³/mol. The van der Waals surface area contributed by atoms with Crippen LogP contribution < -0.4 is 10.6 Å². The standard InChI is InChI=1S/C11H19N5O2/c1-16-9(13-8-14-16)15-10(17)12-7-11(18)5-3-2-4-6-11/h8,18H,2-7H2,1H3,(H2,12,13,14,15,17). The van der Waals surface area contributed by atoms with Gasteiger partial charge < -0.3 is 10.4 Å². The molecule has 2 rings (SSSR count). The van der Waals surface area contributed by atoms with Crippen LogP contribution in [0.4, 0.5) is 10.7 Å². The van der Waals surface area contributed by atoms with Crippen molar-refractivity contribution in [2.75, 3.05) is 11.9 Å². The zero-order valence-corrected chi connectivity index (χ0v) is 10.5. The van der Waals surface area contributed by atoms with Crippen molar-refractivity contribution in [2.24, 2.45) is 7.05 Å². The summed E-state index contributed by atoms with van der Waals surface area (Å²) in [5, 5.41) is 19.3. The highest BCUT2D eigenvalue weighted by molar-refractivity contribution is 5.87. The molecule has 100 valence electrons. The van der Waals surface area contributed by atoms with E-state index in [4.69, 9.17) is 0 Å². The molecule has 7 heteroatoms. The van der Waals surface area contributed by atoms with E-state index < -0.39 is 5.60 Å². The molecule has 0 radical (unpaired) electrons. The molecule has 1 fully saturated rings. The summed E-state index contributed by atoms with van der Waals surface area (Å²) < 4.78 is 1.47. The maximum absolute atomic E-state index is 11.6. The molecule has 0 atom stereocenters. The third-order valence-corrected chi connectivity index (χ3v) is 3.30. The lowest BCUT2D eigenvalue weighted by molar-refractivity contribution is 0.00754. The van der Waals surface area contributed by atoms with Crippen molar-refractivity contribution in [1.82, 2.24) is 20.1 Å². The lowest BCUT2D eigenvalue weighted by Crippen LogP contribution is -2.45. The second kappa shape index (κ2) is 5.34. The summed E-state index contributed by atoms with van der Waals surface area (Å²) in [6, 6.07) is -0.370. The van der Waals surface area contributed by atoms with Gasteiger partial charge in [0.25, 0.3) is 0 Å². The highest BCUT2D eigenvalue weighted by Gasteiger charge is 2.29. The lowest BCUT2D eigenvalue weighted by atomic mass is 9.85. The molecule has 0 saturated heterocycles. The van der Waals surface area contributed by atoms with Crippen LogP contribution in [0.2, 0.25) is 0 Å². The molecule has 1 aliphatic carbocycles. The minimum Gasteiger partial charge on any atom is -0.388 e. The number of nitrogens with zero attached hydrogens (tertiary/aromatic N) is 3. The van der Waals surface area contributed by atoms with E-state index in [1.807, 2.05) is 0 Å². The van der Waals surface area contributed by atoms with Crippen LogP contribution in [0.15, 0.2) is 6.33 Å². The highest BCUT2D eigenvalue weighted by atomic mass is 16.3. The lowest BCUT2D eigenvalue weighted by Gasteiger charge is -2.32. The topological polar surface area (TPSA) is 92.1 Å². The van der Waals surface area contributed by atoms with Crippen molar-refractivity contribution in [1.29, 1.82) is 0 Å². The van der Waals surface area contributed by atoms with E-state index in [-0.39, 0.29) is 12.6 Å². The van der Waals surface area contributed by atoms with Crippen molar-refractivity contribution in [2.45, 2.75) is 37.7 Å². The number of rotatable bonds is 3. The molecule has 0 aromatic carbocycles. The molecule has 18 heavy (non-hydrogen) atoms. The summed E-state index contributed by atoms with van der Waals surface area (Å²) in [5.41, 5.74) is -0.754. The smallest absolute Gasteiger partial charge is 0.321 e. The second-order valence-corrected chi connectivity index (χ2v) is 4.80. The third kappa shape index (κ3) is 3.19. The van der Waals surface area contributed by atoms with E-state index in [9.17, 15) is 9.90 Å². The normalized spacial score (nSPS) is 18.3. The summed E-state index contributed by atoms with van der Waals surface area (Å²) in [5.74, 6) is 0.378. The van der Waals surface area contributed by atoms with Gasteiger partial charge in [-0.1, -0.05) is 19.3 Å². The van der Waals surface area contributed by atoms with E-state index >= 15 is 0 Å². The Morgan fingerprint density at radius 3 is 2.83 bits per heavy atom. The van der Waals surface area contributed by atoms with Crippen molar-refractivity contribution in [3.63, 3.8) is 0 Å². The summed E-state index contributed by atoms with van der Waals surface area (Å²) >= 11 is 0. The van der Waals surface area contributed by atoms with Crippen LogP contribution in [0.3, 0.4) is 0 Å². The summed E-state index contributed by atoms with van der Waals surface area (Å²) in [6.45, 7) is 0.274. The number of aryl methyl sites for hydroxylation is 1. The first-order chi connectivity index (χ1) is 8.59. The van der Waals surface area contributed by atoms with Gasteiger partial charge in [0.05, 0.1) is 5.60 Å². The largest absolute Gasteiger partial charge is 0.388 e. The van der Waals surface area contributed by atoms with Gasteiger partial charge >= 0.3 is 6.03 Å². The number of nitrogens with one attached hydrogen (secondary N) is 2. The van der Waals surface area contributed by atoms with Crippen LogP contribution in [0.1, 0.15) is 32.1 Å². The first-order valence-electron chi connectivity index (χ1n) is 6.20. The first-order valence-corrected chi connectivity index (χ1v) is 6.20. The molecular formula is C11H19N5O2. The summed E-state index contributed by atoms with van der Waals surface area (Å²) in [4.78, 5) is 15.5. The molecule has 0 unspecified atom stereocenters. The van der Waals surface area contributed by atoms with Crippen LogP contribution in [-0.4, -0.2) is 38.0 Å². The van der Waals surface area contributed by atoms with Gasteiger partial charge in [-0.15, -0.1) is 0 Å². The number of carbonyl (C=O) groups is 1. The minimum atomic E-state index is -0.754. The summed E-state index contributed by atoms with van der Waals surface area (Å²) in [7, 11) is 1.69. The molecule has 1 aromatic heterocycles. The second-order valence-electron chi connectivity index (χ2n) is 4.80. The maximum atomic E-state index is 11.6. The molecule has 0 aliphatic heterocycles.